The number of amidine groups is 1. The number of carbonyl (C=O) groups is 1. The Morgan fingerprint density at radius 1 is 1.21 bits per heavy atom. The summed E-state index contributed by atoms with van der Waals surface area (Å²) in [5.74, 6) is 0.436. The largest absolute Gasteiger partial charge is 0.421 e. The van der Waals surface area contributed by atoms with Crippen LogP contribution in [0.25, 0.3) is 0 Å². The Bertz CT molecular complexity index is 1100. The second-order valence-electron chi connectivity index (χ2n) is 12.6. The molecule has 8 nitrogen and oxygen atoms in total. The molecular formula is C32H52F3N7O. The summed E-state index contributed by atoms with van der Waals surface area (Å²) in [6, 6.07) is 0.330. The van der Waals surface area contributed by atoms with Crippen LogP contribution in [0.2, 0.25) is 0 Å². The molecule has 0 spiro atoms. The van der Waals surface area contributed by atoms with Crippen molar-refractivity contribution in [3.63, 3.8) is 0 Å². The van der Waals surface area contributed by atoms with Gasteiger partial charge in [-0.3, -0.25) is 4.79 Å². The molecule has 1 aromatic rings. The number of alkyl halides is 3. The van der Waals surface area contributed by atoms with Crippen LogP contribution in [0.5, 0.6) is 0 Å². The van der Waals surface area contributed by atoms with Gasteiger partial charge in [-0.1, -0.05) is 59.8 Å². The van der Waals surface area contributed by atoms with Crippen molar-refractivity contribution in [3.05, 3.63) is 23.5 Å². The highest BCUT2D eigenvalue weighted by Gasteiger charge is 2.45. The summed E-state index contributed by atoms with van der Waals surface area (Å²) in [7, 11) is 0. The number of hydrogen-bond donors (Lipinski definition) is 3. The van der Waals surface area contributed by atoms with E-state index in [1.54, 1.807) is 0 Å². The van der Waals surface area contributed by atoms with Crippen LogP contribution in [0.4, 0.5) is 24.9 Å². The Hall–Kier alpha value is -2.85. The molecule has 1 saturated heterocycles. The summed E-state index contributed by atoms with van der Waals surface area (Å²) >= 11 is 0. The Morgan fingerprint density at radius 2 is 1.98 bits per heavy atom. The van der Waals surface area contributed by atoms with Crippen LogP contribution in [0.1, 0.15) is 117 Å². The number of nitrogens with one attached hydrogen (secondary N) is 2. The Kier molecular flexibility index (Phi) is 13.1. The van der Waals surface area contributed by atoms with Crippen molar-refractivity contribution in [2.45, 2.75) is 123 Å². The van der Waals surface area contributed by atoms with Gasteiger partial charge in [-0.2, -0.15) is 23.1 Å². The summed E-state index contributed by atoms with van der Waals surface area (Å²) in [5, 5.41) is 6.43. The van der Waals surface area contributed by atoms with Gasteiger partial charge in [-0.25, -0.2) is 4.98 Å². The molecule has 0 radical (unpaired) electrons. The van der Waals surface area contributed by atoms with Gasteiger partial charge in [0.15, 0.2) is 0 Å². The number of likely N-dealkylation sites (tertiary alicyclic amines) is 1. The number of nitrogens with two attached hydrogens (primary N) is 1. The third kappa shape index (κ3) is 11.0. The number of rotatable bonds is 16. The van der Waals surface area contributed by atoms with Gasteiger partial charge in [0.1, 0.15) is 17.2 Å². The maximum atomic E-state index is 13.9. The zero-order valence-electron chi connectivity index (χ0n) is 26.5. The predicted octanol–water partition coefficient (Wildman–Crippen LogP) is 7.35. The van der Waals surface area contributed by atoms with E-state index in [1.165, 1.54) is 6.42 Å². The minimum atomic E-state index is -4.63. The number of halogens is 3. The highest BCUT2D eigenvalue weighted by atomic mass is 19.4. The van der Waals surface area contributed by atoms with Crippen molar-refractivity contribution < 1.29 is 18.0 Å². The Labute approximate surface area is 255 Å². The summed E-state index contributed by atoms with van der Waals surface area (Å²) in [6.45, 7) is 10.0. The van der Waals surface area contributed by atoms with E-state index >= 15 is 0 Å². The lowest BCUT2D eigenvalue weighted by Crippen LogP contribution is -2.40. The zero-order chi connectivity index (χ0) is 31.5. The van der Waals surface area contributed by atoms with Gasteiger partial charge in [-0.05, 0) is 50.9 Å². The van der Waals surface area contributed by atoms with Crippen LogP contribution < -0.4 is 16.4 Å². The first kappa shape index (κ1) is 34.6. The monoisotopic (exact) mass is 607 g/mol. The Morgan fingerprint density at radius 3 is 2.63 bits per heavy atom. The molecule has 0 aromatic carbocycles. The van der Waals surface area contributed by atoms with Crippen LogP contribution in [0.15, 0.2) is 23.0 Å². The number of aliphatic imine (C=N–C) groups is 1. The zero-order valence-corrected chi connectivity index (χ0v) is 26.5. The van der Waals surface area contributed by atoms with E-state index in [0.29, 0.717) is 37.9 Å². The van der Waals surface area contributed by atoms with Gasteiger partial charge < -0.3 is 21.3 Å². The van der Waals surface area contributed by atoms with Crippen molar-refractivity contribution >= 4 is 23.5 Å². The van der Waals surface area contributed by atoms with Gasteiger partial charge in [0.2, 0.25) is 5.91 Å². The first-order valence-electron chi connectivity index (χ1n) is 16.3. The lowest BCUT2D eigenvalue weighted by atomic mass is 9.96. The molecule has 2 fully saturated rings. The summed E-state index contributed by atoms with van der Waals surface area (Å²) in [5.41, 5.74) is 5.85. The number of amides is 1. The topological polar surface area (TPSA) is 109 Å². The van der Waals surface area contributed by atoms with E-state index in [1.807, 2.05) is 18.0 Å². The van der Waals surface area contributed by atoms with Gasteiger partial charge in [0.25, 0.3) is 5.95 Å². The van der Waals surface area contributed by atoms with Crippen molar-refractivity contribution in [3.8, 4) is 0 Å². The van der Waals surface area contributed by atoms with Crippen LogP contribution in [0.3, 0.4) is 0 Å². The molecule has 0 bridgehead atoms. The molecule has 1 aliphatic heterocycles. The van der Waals surface area contributed by atoms with Gasteiger partial charge >= 0.3 is 6.18 Å². The van der Waals surface area contributed by atoms with Gasteiger partial charge in [-0.15, -0.1) is 0 Å². The quantitative estimate of drug-likeness (QED) is 0.103. The van der Waals surface area contributed by atoms with E-state index in [9.17, 15) is 18.0 Å². The molecule has 242 valence electrons. The molecule has 11 heteroatoms. The molecule has 1 aromatic heterocycles. The molecule has 1 saturated carbocycles. The second kappa shape index (κ2) is 16.3. The number of hydrogen-bond acceptors (Lipinski definition) is 6. The van der Waals surface area contributed by atoms with Crippen molar-refractivity contribution in [2.24, 2.45) is 22.1 Å². The second-order valence-corrected chi connectivity index (χ2v) is 12.6. The first-order chi connectivity index (χ1) is 20.5. The number of anilines is 1. The van der Waals surface area contributed by atoms with Crippen molar-refractivity contribution in [1.29, 1.82) is 0 Å². The molecule has 3 rings (SSSR count). The average molecular weight is 608 g/mol. The van der Waals surface area contributed by atoms with Gasteiger partial charge in [0, 0.05) is 55.5 Å². The molecule has 2 aliphatic rings. The summed E-state index contributed by atoms with van der Waals surface area (Å²) in [4.78, 5) is 27.0. The molecule has 2 unspecified atom stereocenters. The average Bonchev–Trinajstić information content (AvgIpc) is 3.73. The maximum Gasteiger partial charge on any atom is 0.421 e. The van der Waals surface area contributed by atoms with Gasteiger partial charge in [0.05, 0.1) is 0 Å². The fourth-order valence-corrected chi connectivity index (χ4v) is 5.64. The molecule has 2 heterocycles. The minimum absolute atomic E-state index is 0.127. The van der Waals surface area contributed by atoms with Crippen molar-refractivity contribution in [2.75, 3.05) is 25.0 Å². The molecule has 4 N–H and O–H groups in total. The van der Waals surface area contributed by atoms with Crippen LogP contribution in [-0.4, -0.2) is 52.3 Å². The van der Waals surface area contributed by atoms with Crippen LogP contribution in [0, 0.1) is 11.3 Å². The Balaban J connectivity index is 1.74. The fraction of sp³-hybridized carbons (Fsp3) is 0.750. The smallest absolute Gasteiger partial charge is 0.388 e. The SMILES string of the molecule is CCCCCC(CCC)N/C=C(CC)\C(N)=N\c1ncc(C(F)(F)F)c(NCC2(CN3CCC(C)CCCC3=O)CC2)n1. The molecular weight excluding hydrogens is 555 g/mol. The third-order valence-electron chi connectivity index (χ3n) is 8.74. The lowest BCUT2D eigenvalue weighted by molar-refractivity contribution is -0.137. The standard InChI is InChI=1S/C32H52F3N7O/c1-5-8-9-13-25(11-6-2)37-19-24(7-3)28(36)40-30-38-20-26(32(33,34)35)29(41-30)39-21-31(16-17-31)22-42-18-15-23(4)12-10-14-27(42)43/h19-20,23,25,37H,5-18,21-22H2,1-4H3,(H3,36,38,39,40,41)/b24-19-. The normalized spacial score (nSPS) is 20.4. The first-order valence-corrected chi connectivity index (χ1v) is 16.3. The molecule has 43 heavy (non-hydrogen) atoms. The summed E-state index contributed by atoms with van der Waals surface area (Å²) < 4.78 is 41.7. The maximum absolute atomic E-state index is 13.9. The fourth-order valence-electron chi connectivity index (χ4n) is 5.64. The van der Waals surface area contributed by atoms with Crippen molar-refractivity contribution in [1.82, 2.24) is 20.2 Å². The number of unbranched alkanes of at least 4 members (excludes halogenated alkanes) is 2. The lowest BCUT2D eigenvalue weighted by Gasteiger charge is -2.31. The molecule has 1 amide bonds. The highest BCUT2D eigenvalue weighted by molar-refractivity contribution is 5.98. The third-order valence-corrected chi connectivity index (χ3v) is 8.74. The van der Waals surface area contributed by atoms with Crippen LogP contribution >= 0.6 is 0 Å². The van der Waals surface area contributed by atoms with E-state index in [-0.39, 0.29) is 35.5 Å². The van der Waals surface area contributed by atoms with Crippen LogP contribution in [-0.2, 0) is 11.0 Å². The molecule has 1 aliphatic carbocycles. The van der Waals surface area contributed by atoms with E-state index in [2.05, 4.69) is 46.4 Å². The minimum Gasteiger partial charge on any atom is -0.388 e. The number of aromatic nitrogens is 2. The van der Waals surface area contributed by atoms with E-state index in [0.717, 1.165) is 76.0 Å². The number of carbonyl (C=O) groups excluding carboxylic acids is 1. The van der Waals surface area contributed by atoms with E-state index < -0.39 is 11.7 Å². The summed E-state index contributed by atoms with van der Waals surface area (Å²) in [6.07, 6.45) is 10.4. The highest BCUT2D eigenvalue weighted by Crippen LogP contribution is 2.47. The van der Waals surface area contributed by atoms with E-state index in [4.69, 9.17) is 5.73 Å². The number of nitrogens with zero attached hydrogens (tertiary/aromatic N) is 4. The predicted molar refractivity (Wildman–Crippen MR) is 167 cm³/mol. The molecule has 2 atom stereocenters.